The first kappa shape index (κ1) is 27.0. The van der Waals surface area contributed by atoms with Crippen LogP contribution in [0.15, 0.2) is 65.9 Å². The van der Waals surface area contributed by atoms with Gasteiger partial charge in [0.1, 0.15) is 0 Å². The molecule has 1 aliphatic rings. The van der Waals surface area contributed by atoms with Crippen LogP contribution >= 0.6 is 0 Å². The summed E-state index contributed by atoms with van der Waals surface area (Å²) in [7, 11) is 1.59. The third-order valence-corrected chi connectivity index (χ3v) is 5.88. The third-order valence-electron chi connectivity index (χ3n) is 5.88. The Morgan fingerprint density at radius 3 is 2.50 bits per heavy atom. The van der Waals surface area contributed by atoms with E-state index in [9.17, 15) is 14.7 Å². The number of methoxy groups -OCH3 is 1. The highest BCUT2D eigenvalue weighted by Crippen LogP contribution is 2.41. The molecule has 36 heavy (non-hydrogen) atoms. The highest BCUT2D eigenvalue weighted by molar-refractivity contribution is 6.14. The van der Waals surface area contributed by atoms with Crippen molar-refractivity contribution in [3.8, 4) is 11.5 Å². The molecule has 2 aromatic carbocycles. The Kier molecular flexibility index (Phi) is 10.1. The van der Waals surface area contributed by atoms with Gasteiger partial charge in [-0.05, 0) is 49.1 Å². The van der Waals surface area contributed by atoms with Crippen LogP contribution in [0.3, 0.4) is 0 Å². The highest BCUT2D eigenvalue weighted by atomic mass is 16.5. The summed E-state index contributed by atoms with van der Waals surface area (Å²) in [6.07, 6.45) is 5.55. The fourth-order valence-corrected chi connectivity index (χ4v) is 4.10. The van der Waals surface area contributed by atoms with Gasteiger partial charge >= 0.3 is 0 Å². The van der Waals surface area contributed by atoms with Crippen LogP contribution < -0.4 is 9.47 Å². The van der Waals surface area contributed by atoms with Gasteiger partial charge in [-0.2, -0.15) is 0 Å². The number of carbonyl (C=O) groups is 2. The molecule has 1 amide bonds. The van der Waals surface area contributed by atoms with Crippen molar-refractivity contribution in [1.82, 2.24) is 4.90 Å². The van der Waals surface area contributed by atoms with Gasteiger partial charge in [0.15, 0.2) is 23.0 Å². The molecule has 1 atom stereocenters. The number of unbranched alkanes of at least 4 members (excludes halogenated alkanes) is 1. The summed E-state index contributed by atoms with van der Waals surface area (Å²) >= 11 is 0. The largest absolute Gasteiger partial charge is 0.503 e. The lowest BCUT2D eigenvalue weighted by atomic mass is 9.95. The number of benzene rings is 2. The van der Waals surface area contributed by atoms with E-state index in [0.29, 0.717) is 49.8 Å². The first-order valence-electron chi connectivity index (χ1n) is 12.4. The predicted molar refractivity (Wildman–Crippen MR) is 139 cm³/mol. The fourth-order valence-electron chi connectivity index (χ4n) is 4.10. The fraction of sp³-hybridized carbons (Fsp3) is 0.379. The van der Waals surface area contributed by atoms with Crippen molar-refractivity contribution < 1.29 is 28.9 Å². The molecule has 192 valence electrons. The van der Waals surface area contributed by atoms with Crippen LogP contribution in [-0.4, -0.2) is 55.2 Å². The van der Waals surface area contributed by atoms with E-state index in [0.717, 1.165) is 18.4 Å². The van der Waals surface area contributed by atoms with Gasteiger partial charge in [-0.1, -0.05) is 55.8 Å². The third kappa shape index (κ3) is 6.55. The minimum atomic E-state index is -0.758. The van der Waals surface area contributed by atoms with Crippen LogP contribution in [-0.2, 0) is 14.3 Å². The Bertz CT molecular complexity index is 1090. The molecule has 2 aromatic rings. The molecular formula is C29H35NO6. The van der Waals surface area contributed by atoms with Crippen LogP contribution in [0.4, 0.5) is 0 Å². The van der Waals surface area contributed by atoms with Crippen LogP contribution in [0.2, 0.25) is 0 Å². The monoisotopic (exact) mass is 493 g/mol. The summed E-state index contributed by atoms with van der Waals surface area (Å²) < 4.78 is 16.9. The van der Waals surface area contributed by atoms with E-state index < -0.39 is 23.5 Å². The molecule has 1 heterocycles. The van der Waals surface area contributed by atoms with Crippen LogP contribution in [0.25, 0.3) is 6.08 Å². The van der Waals surface area contributed by atoms with E-state index >= 15 is 0 Å². The first-order valence-corrected chi connectivity index (χ1v) is 12.4. The zero-order valence-electron chi connectivity index (χ0n) is 21.2. The summed E-state index contributed by atoms with van der Waals surface area (Å²) in [5.41, 5.74) is 1.55. The summed E-state index contributed by atoms with van der Waals surface area (Å²) in [6.45, 7) is 5.74. The Balaban J connectivity index is 1.99. The van der Waals surface area contributed by atoms with E-state index in [-0.39, 0.29) is 5.57 Å². The van der Waals surface area contributed by atoms with Crippen molar-refractivity contribution in [2.75, 3.05) is 33.5 Å². The number of aliphatic hydroxyl groups excluding tert-OH is 1. The zero-order valence-corrected chi connectivity index (χ0v) is 21.2. The molecule has 3 rings (SSSR count). The minimum Gasteiger partial charge on any atom is -0.503 e. The SMILES string of the molecule is CCCCOc1ccc(C2C(C(=O)/C=C/c3ccccc3)=C(O)C(=O)N2CCCOC)cc1OCC. The molecule has 0 bridgehead atoms. The number of nitrogens with zero attached hydrogens (tertiary/aromatic N) is 1. The maximum atomic E-state index is 13.3. The van der Waals surface area contributed by atoms with Crippen molar-refractivity contribution in [2.45, 2.75) is 39.2 Å². The number of amides is 1. The smallest absolute Gasteiger partial charge is 0.290 e. The van der Waals surface area contributed by atoms with Crippen LogP contribution in [0, 0.1) is 0 Å². The summed E-state index contributed by atoms with van der Waals surface area (Å²) in [4.78, 5) is 27.9. The Hall–Kier alpha value is -3.58. The molecule has 0 spiro atoms. The van der Waals surface area contributed by atoms with Crippen molar-refractivity contribution in [3.63, 3.8) is 0 Å². The second kappa shape index (κ2) is 13.5. The van der Waals surface area contributed by atoms with Gasteiger partial charge in [0.05, 0.1) is 24.8 Å². The van der Waals surface area contributed by atoms with Crippen molar-refractivity contribution in [1.29, 1.82) is 0 Å². The minimum absolute atomic E-state index is 0.0479. The Morgan fingerprint density at radius 1 is 1.03 bits per heavy atom. The van der Waals surface area contributed by atoms with Gasteiger partial charge < -0.3 is 24.2 Å². The lowest BCUT2D eigenvalue weighted by Crippen LogP contribution is -2.32. The normalized spacial score (nSPS) is 15.7. The van der Waals surface area contributed by atoms with E-state index in [1.807, 2.05) is 43.3 Å². The lowest BCUT2D eigenvalue weighted by Gasteiger charge is -2.27. The van der Waals surface area contributed by atoms with Crippen molar-refractivity contribution >= 4 is 17.8 Å². The molecule has 7 heteroatoms. The average molecular weight is 494 g/mol. The van der Waals surface area contributed by atoms with Gasteiger partial charge in [0.2, 0.25) is 0 Å². The molecule has 0 saturated carbocycles. The maximum Gasteiger partial charge on any atom is 0.290 e. The standard InChI is InChI=1S/C29H35NO6/c1-4-6-19-36-24-16-14-22(20-25(24)35-5-2)27-26(23(31)15-13-21-11-8-7-9-12-21)28(32)29(33)30(27)17-10-18-34-3/h7-9,11-16,20,27,32H,4-6,10,17-19H2,1-3H3/b15-13+. The maximum absolute atomic E-state index is 13.3. The molecule has 0 aromatic heterocycles. The molecular weight excluding hydrogens is 458 g/mol. The topological polar surface area (TPSA) is 85.3 Å². The van der Waals surface area contributed by atoms with Gasteiger partial charge in [-0.15, -0.1) is 0 Å². The van der Waals surface area contributed by atoms with Crippen LogP contribution in [0.1, 0.15) is 50.3 Å². The van der Waals surface area contributed by atoms with Crippen LogP contribution in [0.5, 0.6) is 11.5 Å². The number of hydrogen-bond donors (Lipinski definition) is 1. The number of carbonyl (C=O) groups excluding carboxylic acids is 2. The molecule has 1 N–H and O–H groups in total. The molecule has 0 radical (unpaired) electrons. The number of allylic oxidation sites excluding steroid dienone is 1. The first-order chi connectivity index (χ1) is 17.5. The van der Waals surface area contributed by atoms with E-state index in [1.165, 1.54) is 11.0 Å². The molecule has 0 aliphatic carbocycles. The van der Waals surface area contributed by atoms with E-state index in [1.54, 1.807) is 25.3 Å². The van der Waals surface area contributed by atoms with Crippen molar-refractivity contribution in [3.05, 3.63) is 77.1 Å². The summed E-state index contributed by atoms with van der Waals surface area (Å²) in [5, 5.41) is 10.8. The summed E-state index contributed by atoms with van der Waals surface area (Å²) in [6, 6.07) is 14.0. The van der Waals surface area contributed by atoms with E-state index in [4.69, 9.17) is 14.2 Å². The number of ketones is 1. The zero-order chi connectivity index (χ0) is 25.9. The number of rotatable bonds is 14. The lowest BCUT2D eigenvalue weighted by molar-refractivity contribution is -0.129. The second-order valence-electron chi connectivity index (χ2n) is 8.46. The summed E-state index contributed by atoms with van der Waals surface area (Å²) in [5.74, 6) is -0.386. The molecule has 0 saturated heterocycles. The molecule has 0 fully saturated rings. The average Bonchev–Trinajstić information content (AvgIpc) is 3.14. The Labute approximate surface area is 213 Å². The van der Waals surface area contributed by atoms with Gasteiger partial charge in [-0.25, -0.2) is 0 Å². The highest BCUT2D eigenvalue weighted by Gasteiger charge is 2.42. The number of ether oxygens (including phenoxy) is 3. The van der Waals surface area contributed by atoms with Crippen molar-refractivity contribution in [2.24, 2.45) is 0 Å². The quantitative estimate of drug-likeness (QED) is 0.285. The number of aliphatic hydroxyl groups is 1. The van der Waals surface area contributed by atoms with Gasteiger partial charge in [-0.3, -0.25) is 9.59 Å². The Morgan fingerprint density at radius 2 is 1.81 bits per heavy atom. The van der Waals surface area contributed by atoms with Gasteiger partial charge in [0, 0.05) is 20.3 Å². The predicted octanol–water partition coefficient (Wildman–Crippen LogP) is 5.28. The van der Waals surface area contributed by atoms with Gasteiger partial charge in [0.25, 0.3) is 5.91 Å². The molecule has 7 nitrogen and oxygen atoms in total. The molecule has 1 unspecified atom stereocenters. The molecule has 1 aliphatic heterocycles. The number of hydrogen-bond acceptors (Lipinski definition) is 6. The van der Waals surface area contributed by atoms with E-state index in [2.05, 4.69) is 6.92 Å². The second-order valence-corrected chi connectivity index (χ2v) is 8.46.